The Labute approximate surface area is 163 Å². The number of anilines is 1. The third-order valence-corrected chi connectivity index (χ3v) is 4.63. The first-order chi connectivity index (χ1) is 13.6. The van der Waals surface area contributed by atoms with Crippen LogP contribution in [0.2, 0.25) is 0 Å². The van der Waals surface area contributed by atoms with E-state index in [1.165, 1.54) is 7.11 Å². The minimum absolute atomic E-state index is 0.431. The van der Waals surface area contributed by atoms with Crippen LogP contribution in [0.25, 0.3) is 0 Å². The fourth-order valence-electron chi connectivity index (χ4n) is 3.20. The molecule has 0 spiro atoms. The van der Waals surface area contributed by atoms with Gasteiger partial charge in [-0.2, -0.15) is 4.68 Å². The van der Waals surface area contributed by atoms with E-state index in [1.807, 2.05) is 18.2 Å². The number of fused-ring (bicyclic) bond motifs is 1. The summed E-state index contributed by atoms with van der Waals surface area (Å²) in [6, 6.07) is 5.03. The number of allylic oxidation sites excluding steroid dienone is 1. The topological polar surface area (TPSA) is 100 Å². The number of benzene rings is 1. The maximum absolute atomic E-state index is 12.5. The number of tetrazole rings is 1. The van der Waals surface area contributed by atoms with Gasteiger partial charge in [-0.1, -0.05) is 30.9 Å². The number of methoxy groups -OCH3 is 2. The molecule has 3 rings (SSSR count). The average Bonchev–Trinajstić information content (AvgIpc) is 3.17. The van der Waals surface area contributed by atoms with E-state index >= 15 is 0 Å². The lowest BCUT2D eigenvalue weighted by Crippen LogP contribution is -2.29. The molecule has 1 aromatic carbocycles. The molecular weight excluding hydrogens is 362 g/mol. The molecule has 150 valence electrons. The normalized spacial score (nSPS) is 15.6. The lowest BCUT2D eigenvalue weighted by atomic mass is 9.95. The predicted octanol–water partition coefficient (Wildman–Crippen LogP) is 2.71. The lowest BCUT2D eigenvalue weighted by Gasteiger charge is -2.27. The van der Waals surface area contributed by atoms with Crippen LogP contribution in [0.4, 0.5) is 5.95 Å². The Kier molecular flexibility index (Phi) is 6.13. The van der Waals surface area contributed by atoms with Crippen molar-refractivity contribution in [3.8, 4) is 11.5 Å². The van der Waals surface area contributed by atoms with Gasteiger partial charge in [-0.05, 0) is 41.5 Å². The predicted molar refractivity (Wildman–Crippen MR) is 102 cm³/mol. The highest BCUT2D eigenvalue weighted by Gasteiger charge is 2.35. The molecule has 1 atom stereocenters. The Morgan fingerprint density at radius 1 is 1.25 bits per heavy atom. The van der Waals surface area contributed by atoms with E-state index in [-0.39, 0.29) is 0 Å². The molecule has 1 unspecified atom stereocenters. The quantitative estimate of drug-likeness (QED) is 0.545. The van der Waals surface area contributed by atoms with Crippen LogP contribution in [-0.2, 0) is 9.53 Å². The number of nitrogens with one attached hydrogen (secondary N) is 1. The maximum Gasteiger partial charge on any atom is 0.338 e. The zero-order valence-corrected chi connectivity index (χ0v) is 16.6. The molecule has 1 aliphatic heterocycles. The number of hydrogen-bond donors (Lipinski definition) is 1. The van der Waals surface area contributed by atoms with Crippen LogP contribution >= 0.6 is 0 Å². The Morgan fingerprint density at radius 2 is 2.07 bits per heavy atom. The zero-order chi connectivity index (χ0) is 20.1. The van der Waals surface area contributed by atoms with Crippen molar-refractivity contribution in [2.24, 2.45) is 0 Å². The minimum atomic E-state index is -0.540. The number of rotatable bonds is 8. The fraction of sp³-hybridized carbons (Fsp3) is 0.474. The molecule has 1 N–H and O–H groups in total. The van der Waals surface area contributed by atoms with Gasteiger partial charge in [0, 0.05) is 5.70 Å². The van der Waals surface area contributed by atoms with Crippen molar-refractivity contribution in [2.45, 2.75) is 39.2 Å². The Hall–Kier alpha value is -3.10. The van der Waals surface area contributed by atoms with Crippen LogP contribution in [0.1, 0.15) is 44.7 Å². The summed E-state index contributed by atoms with van der Waals surface area (Å²) in [4.78, 5) is 12.5. The number of ether oxygens (including phenoxy) is 3. The highest BCUT2D eigenvalue weighted by molar-refractivity contribution is 5.92. The number of nitrogens with zero attached hydrogens (tertiary/aromatic N) is 4. The highest BCUT2D eigenvalue weighted by atomic mass is 16.5. The largest absolute Gasteiger partial charge is 0.493 e. The number of esters is 1. The van der Waals surface area contributed by atoms with Crippen molar-refractivity contribution in [2.75, 3.05) is 26.1 Å². The second-order valence-electron chi connectivity index (χ2n) is 6.47. The molecule has 0 amide bonds. The fourth-order valence-corrected chi connectivity index (χ4v) is 3.20. The van der Waals surface area contributed by atoms with Crippen molar-refractivity contribution in [1.29, 1.82) is 0 Å². The SMILES string of the molecule is CCCCCOc1ccc(C2C(C(=O)OC)=C(C)Nc3nnnn32)cc1OC. The second kappa shape index (κ2) is 8.73. The van der Waals surface area contributed by atoms with Gasteiger partial charge in [0.25, 0.3) is 0 Å². The van der Waals surface area contributed by atoms with Gasteiger partial charge in [-0.15, -0.1) is 0 Å². The maximum atomic E-state index is 12.5. The van der Waals surface area contributed by atoms with E-state index in [2.05, 4.69) is 27.8 Å². The summed E-state index contributed by atoms with van der Waals surface area (Å²) < 4.78 is 17.9. The molecule has 2 heterocycles. The first kappa shape index (κ1) is 19.7. The molecule has 9 heteroatoms. The van der Waals surface area contributed by atoms with E-state index < -0.39 is 12.0 Å². The van der Waals surface area contributed by atoms with Crippen molar-refractivity contribution in [1.82, 2.24) is 20.2 Å². The van der Waals surface area contributed by atoms with E-state index in [1.54, 1.807) is 18.7 Å². The van der Waals surface area contributed by atoms with Crippen molar-refractivity contribution in [3.63, 3.8) is 0 Å². The van der Waals surface area contributed by atoms with Gasteiger partial charge in [0.05, 0.1) is 26.4 Å². The number of carbonyl (C=O) groups excluding carboxylic acids is 1. The summed E-state index contributed by atoms with van der Waals surface area (Å²) in [5.74, 6) is 1.25. The lowest BCUT2D eigenvalue weighted by molar-refractivity contribution is -0.136. The van der Waals surface area contributed by atoms with Crippen LogP contribution in [0.3, 0.4) is 0 Å². The first-order valence-corrected chi connectivity index (χ1v) is 9.25. The molecule has 9 nitrogen and oxygen atoms in total. The Morgan fingerprint density at radius 3 is 2.79 bits per heavy atom. The summed E-state index contributed by atoms with van der Waals surface area (Å²) >= 11 is 0. The molecule has 0 aliphatic carbocycles. The number of unbranched alkanes of at least 4 members (excludes halogenated alkanes) is 2. The molecule has 0 saturated carbocycles. The van der Waals surface area contributed by atoms with Gasteiger partial charge in [0.1, 0.15) is 6.04 Å². The van der Waals surface area contributed by atoms with Crippen molar-refractivity contribution >= 4 is 11.9 Å². The van der Waals surface area contributed by atoms with E-state index in [4.69, 9.17) is 14.2 Å². The van der Waals surface area contributed by atoms with Gasteiger partial charge < -0.3 is 19.5 Å². The van der Waals surface area contributed by atoms with Gasteiger partial charge >= 0.3 is 5.97 Å². The van der Waals surface area contributed by atoms with Crippen LogP contribution < -0.4 is 14.8 Å². The first-order valence-electron chi connectivity index (χ1n) is 9.25. The molecule has 1 aromatic heterocycles. The van der Waals surface area contributed by atoms with E-state index in [9.17, 15) is 4.79 Å². The number of hydrogen-bond acceptors (Lipinski definition) is 8. The van der Waals surface area contributed by atoms with Gasteiger partial charge in [0.2, 0.25) is 5.95 Å². The molecule has 0 bridgehead atoms. The summed E-state index contributed by atoms with van der Waals surface area (Å²) in [5, 5.41) is 14.8. The third-order valence-electron chi connectivity index (χ3n) is 4.63. The minimum Gasteiger partial charge on any atom is -0.493 e. The molecule has 1 aliphatic rings. The Balaban J connectivity index is 1.97. The smallest absolute Gasteiger partial charge is 0.338 e. The number of carbonyl (C=O) groups is 1. The molecule has 0 fully saturated rings. The standard InChI is InChI=1S/C19H25N5O4/c1-5-6-7-10-28-14-9-8-13(11-15(14)26-3)17-16(18(25)27-4)12(2)20-19-21-22-23-24(17)19/h8-9,11,17H,5-7,10H2,1-4H3,(H,20,21,23). The van der Waals surface area contributed by atoms with Crippen molar-refractivity contribution in [3.05, 3.63) is 35.0 Å². The van der Waals surface area contributed by atoms with Crippen LogP contribution in [0.15, 0.2) is 29.5 Å². The van der Waals surface area contributed by atoms with Gasteiger partial charge in [0.15, 0.2) is 11.5 Å². The van der Waals surface area contributed by atoms with Crippen LogP contribution in [0.5, 0.6) is 11.5 Å². The monoisotopic (exact) mass is 387 g/mol. The second-order valence-corrected chi connectivity index (χ2v) is 6.47. The van der Waals surface area contributed by atoms with Crippen molar-refractivity contribution < 1.29 is 19.0 Å². The molecule has 2 aromatic rings. The average molecular weight is 387 g/mol. The molecular formula is C19H25N5O4. The summed E-state index contributed by atoms with van der Waals surface area (Å²) in [6.07, 6.45) is 3.23. The van der Waals surface area contributed by atoms with Gasteiger partial charge in [-0.25, -0.2) is 4.79 Å². The summed E-state index contributed by atoms with van der Waals surface area (Å²) in [7, 11) is 2.94. The molecule has 28 heavy (non-hydrogen) atoms. The van der Waals surface area contributed by atoms with Crippen LogP contribution in [0, 0.1) is 0 Å². The number of aromatic nitrogens is 4. The summed E-state index contributed by atoms with van der Waals surface area (Å²) in [6.45, 7) is 4.57. The summed E-state index contributed by atoms with van der Waals surface area (Å²) in [5.41, 5.74) is 1.85. The molecule has 0 saturated heterocycles. The highest BCUT2D eigenvalue weighted by Crippen LogP contribution is 2.38. The molecule has 0 radical (unpaired) electrons. The van der Waals surface area contributed by atoms with E-state index in [0.717, 1.165) is 24.8 Å². The van der Waals surface area contributed by atoms with Gasteiger partial charge in [-0.3, -0.25) is 0 Å². The third kappa shape index (κ3) is 3.78. The Bertz CT molecular complexity index is 877. The van der Waals surface area contributed by atoms with Crippen LogP contribution in [-0.4, -0.2) is 47.0 Å². The van der Waals surface area contributed by atoms with E-state index in [0.29, 0.717) is 35.3 Å². The zero-order valence-electron chi connectivity index (χ0n) is 16.6.